The predicted octanol–water partition coefficient (Wildman–Crippen LogP) is 3.09. The zero-order valence-corrected chi connectivity index (χ0v) is 21.3. The largest absolute Gasteiger partial charge is 0.489 e. The number of carbonyl (C=O) groups is 3. The van der Waals surface area contributed by atoms with E-state index in [9.17, 15) is 14.4 Å². The van der Waals surface area contributed by atoms with E-state index < -0.39 is 29.0 Å². The number of carbonyl (C=O) groups excluding carboxylic acids is 3. The lowest BCUT2D eigenvalue weighted by molar-refractivity contribution is -0.153. The molecule has 1 heterocycles. The summed E-state index contributed by atoms with van der Waals surface area (Å²) in [7, 11) is 0. The first-order valence-corrected chi connectivity index (χ1v) is 12.5. The first-order valence-electron chi connectivity index (χ1n) is 11.6. The van der Waals surface area contributed by atoms with Gasteiger partial charge in [0.2, 0.25) is 11.8 Å². The van der Waals surface area contributed by atoms with Gasteiger partial charge >= 0.3 is 5.97 Å². The smallest absolute Gasteiger partial charge is 0.320 e. The van der Waals surface area contributed by atoms with Crippen molar-refractivity contribution < 1.29 is 23.9 Å². The molecule has 0 aromatic heterocycles. The Kier molecular flexibility index (Phi) is 10.1. The van der Waals surface area contributed by atoms with Gasteiger partial charge in [0, 0.05) is 12.3 Å². The maximum absolute atomic E-state index is 12.9. The molecule has 2 amide bonds. The van der Waals surface area contributed by atoms with Crippen LogP contribution in [0.4, 0.5) is 0 Å². The van der Waals surface area contributed by atoms with E-state index in [1.165, 1.54) is 0 Å². The molecule has 0 saturated carbocycles. The number of hydrogen-bond acceptors (Lipinski definition) is 8. The molecule has 1 saturated heterocycles. The molecule has 0 radical (unpaired) electrons. The maximum atomic E-state index is 12.9. The van der Waals surface area contributed by atoms with Gasteiger partial charge in [0.1, 0.15) is 17.6 Å². The molecule has 2 N–H and O–H groups in total. The summed E-state index contributed by atoms with van der Waals surface area (Å²) in [6.45, 7) is 6.05. The van der Waals surface area contributed by atoms with Crippen LogP contribution < -0.4 is 15.4 Å². The highest BCUT2D eigenvalue weighted by molar-refractivity contribution is 8.15. The van der Waals surface area contributed by atoms with Crippen molar-refractivity contribution in [1.82, 2.24) is 10.6 Å². The number of hydrogen-bond donors (Lipinski definition) is 2. The van der Waals surface area contributed by atoms with Gasteiger partial charge in [-0.15, -0.1) is 5.10 Å². The summed E-state index contributed by atoms with van der Waals surface area (Å²) in [6.07, 6.45) is 0.543. The summed E-state index contributed by atoms with van der Waals surface area (Å²) in [4.78, 5) is 38.0. The van der Waals surface area contributed by atoms with Crippen LogP contribution in [0.3, 0.4) is 0 Å². The van der Waals surface area contributed by atoms with E-state index in [1.54, 1.807) is 20.8 Å². The summed E-state index contributed by atoms with van der Waals surface area (Å²) in [5.74, 6) is -2.36. The quantitative estimate of drug-likeness (QED) is 0.208. The van der Waals surface area contributed by atoms with Crippen molar-refractivity contribution in [2.24, 2.45) is 16.1 Å². The van der Waals surface area contributed by atoms with Gasteiger partial charge in [-0.1, -0.05) is 54.2 Å². The Balaban J connectivity index is 1.55. The molecule has 2 atom stereocenters. The highest BCUT2D eigenvalue weighted by Crippen LogP contribution is 2.28. The fraction of sp³-hybridized carbons (Fsp3) is 0.346. The minimum atomic E-state index is -1.30. The minimum absolute atomic E-state index is 0.0978. The number of thioether (sulfide) groups is 1. The molecule has 2 aromatic carbocycles. The van der Waals surface area contributed by atoms with Gasteiger partial charge in [-0.3, -0.25) is 14.4 Å². The van der Waals surface area contributed by atoms with E-state index in [0.29, 0.717) is 18.7 Å². The van der Waals surface area contributed by atoms with Gasteiger partial charge in [-0.2, -0.15) is 5.10 Å². The predicted molar refractivity (Wildman–Crippen MR) is 140 cm³/mol. The van der Waals surface area contributed by atoms with Crippen molar-refractivity contribution >= 4 is 40.4 Å². The number of rotatable bonds is 11. The molecule has 2 aromatic rings. The Morgan fingerprint density at radius 3 is 2.47 bits per heavy atom. The van der Waals surface area contributed by atoms with Crippen molar-refractivity contribution in [3.05, 3.63) is 65.7 Å². The Morgan fingerprint density at radius 2 is 1.81 bits per heavy atom. The second-order valence-electron chi connectivity index (χ2n) is 8.17. The van der Waals surface area contributed by atoms with Gasteiger partial charge in [0.05, 0.1) is 6.61 Å². The Labute approximate surface area is 214 Å². The molecular formula is C26H30N4O5S. The van der Waals surface area contributed by atoms with Crippen molar-refractivity contribution in [3.63, 3.8) is 0 Å². The van der Waals surface area contributed by atoms with Crippen molar-refractivity contribution in [2.75, 3.05) is 13.2 Å². The van der Waals surface area contributed by atoms with Crippen LogP contribution >= 0.6 is 11.8 Å². The Bertz CT molecular complexity index is 1110. The topological polar surface area (TPSA) is 118 Å². The zero-order valence-electron chi connectivity index (χ0n) is 20.5. The lowest BCUT2D eigenvalue weighted by atomic mass is 10.0. The van der Waals surface area contributed by atoms with E-state index in [-0.39, 0.29) is 18.3 Å². The van der Waals surface area contributed by atoms with Crippen LogP contribution in [-0.2, 0) is 32.1 Å². The fourth-order valence-corrected chi connectivity index (χ4v) is 4.35. The third-order valence-corrected chi connectivity index (χ3v) is 6.23. The summed E-state index contributed by atoms with van der Waals surface area (Å²) < 4.78 is 10.9. The highest BCUT2D eigenvalue weighted by Gasteiger charge is 2.45. The molecule has 1 aliphatic rings. The average molecular weight is 511 g/mol. The summed E-state index contributed by atoms with van der Waals surface area (Å²) in [5, 5.41) is 12.5. The van der Waals surface area contributed by atoms with Crippen molar-refractivity contribution in [3.8, 4) is 5.75 Å². The van der Waals surface area contributed by atoms with Crippen LogP contribution in [0.15, 0.2) is 64.8 Å². The molecule has 1 fully saturated rings. The number of esters is 1. The highest BCUT2D eigenvalue weighted by atomic mass is 32.2. The average Bonchev–Trinajstić information content (AvgIpc) is 3.23. The normalized spacial score (nSPS) is 16.7. The first kappa shape index (κ1) is 26.9. The van der Waals surface area contributed by atoms with Crippen LogP contribution in [0, 0.1) is 5.92 Å². The first-order chi connectivity index (χ1) is 17.4. The van der Waals surface area contributed by atoms with Crippen LogP contribution in [0.5, 0.6) is 5.75 Å². The lowest BCUT2D eigenvalue weighted by Gasteiger charge is -2.18. The summed E-state index contributed by atoms with van der Waals surface area (Å²) >= 11 is 0.992. The third-order valence-electron chi connectivity index (χ3n) is 5.08. The second kappa shape index (κ2) is 13.4. The number of nitrogens with zero attached hydrogens (tertiary/aromatic N) is 2. The SMILES string of the molecule is CCOC(=O)C(C(=O)NCCc1ccc(OCc2ccccc2)cc1)C1SC(=NN=C(C)C)NC1=O. The van der Waals surface area contributed by atoms with Gasteiger partial charge in [0.25, 0.3) is 0 Å². The van der Waals surface area contributed by atoms with E-state index in [4.69, 9.17) is 9.47 Å². The molecule has 9 nitrogen and oxygen atoms in total. The summed E-state index contributed by atoms with van der Waals surface area (Å²) in [6, 6.07) is 17.5. The van der Waals surface area contributed by atoms with Gasteiger partial charge < -0.3 is 20.1 Å². The van der Waals surface area contributed by atoms with Crippen LogP contribution in [0.1, 0.15) is 31.9 Å². The third kappa shape index (κ3) is 7.94. The second-order valence-corrected chi connectivity index (χ2v) is 9.30. The van der Waals surface area contributed by atoms with Crippen molar-refractivity contribution in [1.29, 1.82) is 0 Å². The molecule has 0 aliphatic carbocycles. The van der Waals surface area contributed by atoms with Gasteiger partial charge in [-0.25, -0.2) is 0 Å². The molecule has 0 bridgehead atoms. The van der Waals surface area contributed by atoms with Crippen molar-refractivity contribution in [2.45, 2.75) is 39.0 Å². The fourth-order valence-electron chi connectivity index (χ4n) is 3.33. The van der Waals surface area contributed by atoms with E-state index in [2.05, 4.69) is 20.8 Å². The molecule has 3 rings (SSSR count). The maximum Gasteiger partial charge on any atom is 0.320 e. The number of amidine groups is 1. The monoisotopic (exact) mass is 510 g/mol. The Morgan fingerprint density at radius 1 is 1.08 bits per heavy atom. The Hall–Kier alpha value is -3.66. The molecule has 10 heteroatoms. The molecule has 0 spiro atoms. The zero-order chi connectivity index (χ0) is 25.9. The number of amides is 2. The van der Waals surface area contributed by atoms with Gasteiger partial charge in [-0.05, 0) is 50.5 Å². The number of benzene rings is 2. The number of ether oxygens (including phenoxy) is 2. The van der Waals surface area contributed by atoms with Gasteiger partial charge in [0.15, 0.2) is 11.1 Å². The standard InChI is InChI=1S/C26H30N4O5S/c1-4-34-25(33)21(22-24(32)28-26(36-22)30-29-17(2)3)23(31)27-15-14-18-10-12-20(13-11-18)35-16-19-8-6-5-7-9-19/h5-13,21-22H,4,14-16H2,1-3H3,(H,27,31)(H,28,30,32). The number of nitrogens with one attached hydrogen (secondary N) is 2. The molecular weight excluding hydrogens is 480 g/mol. The van der Waals surface area contributed by atoms with Crippen LogP contribution in [0.25, 0.3) is 0 Å². The molecule has 1 aliphatic heterocycles. The molecule has 36 heavy (non-hydrogen) atoms. The molecule has 190 valence electrons. The summed E-state index contributed by atoms with van der Waals surface area (Å²) in [5.41, 5.74) is 2.78. The van der Waals surface area contributed by atoms with Crippen LogP contribution in [0.2, 0.25) is 0 Å². The minimum Gasteiger partial charge on any atom is -0.489 e. The van der Waals surface area contributed by atoms with Crippen LogP contribution in [-0.4, -0.2) is 47.1 Å². The molecule has 2 unspecified atom stereocenters. The lowest BCUT2D eigenvalue weighted by Crippen LogP contribution is -2.45. The van der Waals surface area contributed by atoms with E-state index >= 15 is 0 Å². The van der Waals surface area contributed by atoms with E-state index in [1.807, 2.05) is 54.6 Å². The van der Waals surface area contributed by atoms with E-state index in [0.717, 1.165) is 28.6 Å².